The highest BCUT2D eigenvalue weighted by Gasteiger charge is 2.31. The molecule has 2 aliphatic rings. The minimum Gasteiger partial charge on any atom is -0.467 e. The van der Waals surface area contributed by atoms with Crippen LogP contribution in [0, 0.1) is 12.7 Å². The van der Waals surface area contributed by atoms with Crippen LogP contribution in [-0.2, 0) is 6.42 Å². The number of pyridine rings is 1. The van der Waals surface area contributed by atoms with Gasteiger partial charge in [-0.25, -0.2) is 4.39 Å². The van der Waals surface area contributed by atoms with Gasteiger partial charge in [-0.05, 0) is 85.9 Å². The van der Waals surface area contributed by atoms with E-state index in [-0.39, 0.29) is 11.8 Å². The van der Waals surface area contributed by atoms with Crippen molar-refractivity contribution in [2.24, 2.45) is 0 Å². The minimum absolute atomic E-state index is 0.181. The number of hydrogen-bond acceptors (Lipinski definition) is 6. The molecule has 1 aliphatic heterocycles. The Morgan fingerprint density at radius 3 is 2.68 bits per heavy atom. The van der Waals surface area contributed by atoms with Crippen LogP contribution < -0.4 is 9.64 Å². The number of benzene rings is 2. The third-order valence-corrected chi connectivity index (χ3v) is 8.47. The lowest BCUT2D eigenvalue weighted by Gasteiger charge is -2.37. The molecule has 6 nitrogen and oxygen atoms in total. The number of nitrogens with zero attached hydrogens (tertiary/aromatic N) is 4. The zero-order valence-corrected chi connectivity index (χ0v) is 22.6. The summed E-state index contributed by atoms with van der Waals surface area (Å²) in [4.78, 5) is 16.5. The number of methoxy groups -OCH3 is 1. The molecule has 1 N–H and O–H groups in total. The highest BCUT2D eigenvalue weighted by molar-refractivity contribution is 6.02. The van der Waals surface area contributed by atoms with Gasteiger partial charge in [0.2, 0.25) is 0 Å². The van der Waals surface area contributed by atoms with Crippen LogP contribution >= 0.6 is 0 Å². The molecule has 0 radical (unpaired) electrons. The van der Waals surface area contributed by atoms with Crippen LogP contribution in [0.2, 0.25) is 0 Å². The molecule has 0 unspecified atom stereocenters. The second-order valence-electron chi connectivity index (χ2n) is 11.2. The molecule has 7 heteroatoms. The molecule has 6 rings (SSSR count). The fraction of sp³-hybridized carbons (Fsp3) is 0.452. The van der Waals surface area contributed by atoms with Gasteiger partial charge in [0.25, 0.3) is 0 Å². The van der Waals surface area contributed by atoms with Gasteiger partial charge in [0.15, 0.2) is 0 Å². The minimum atomic E-state index is -0.785. The Balaban J connectivity index is 1.60. The fourth-order valence-corrected chi connectivity index (χ4v) is 6.23. The maximum atomic E-state index is 15.0. The molecule has 198 valence electrons. The van der Waals surface area contributed by atoms with Crippen molar-refractivity contribution in [1.82, 2.24) is 15.0 Å². The van der Waals surface area contributed by atoms with Crippen molar-refractivity contribution in [2.75, 3.05) is 25.1 Å². The van der Waals surface area contributed by atoms with E-state index in [0.29, 0.717) is 18.9 Å². The highest BCUT2D eigenvalue weighted by atomic mass is 19.1. The van der Waals surface area contributed by atoms with Crippen molar-refractivity contribution in [3.63, 3.8) is 0 Å². The van der Waals surface area contributed by atoms with Gasteiger partial charge in [-0.1, -0.05) is 25.5 Å². The van der Waals surface area contributed by atoms with Crippen LogP contribution in [0.3, 0.4) is 0 Å². The number of rotatable bonds is 5. The van der Waals surface area contributed by atoms with E-state index >= 15 is 4.39 Å². The predicted octanol–water partition coefficient (Wildman–Crippen LogP) is 6.48. The smallest absolute Gasteiger partial charge is 0.318 e. The van der Waals surface area contributed by atoms with Gasteiger partial charge >= 0.3 is 6.01 Å². The second-order valence-corrected chi connectivity index (χ2v) is 11.2. The van der Waals surface area contributed by atoms with Gasteiger partial charge < -0.3 is 14.7 Å². The van der Waals surface area contributed by atoms with Crippen LogP contribution in [0.5, 0.6) is 6.01 Å². The summed E-state index contributed by atoms with van der Waals surface area (Å²) in [5, 5.41) is 13.6. The first-order chi connectivity index (χ1) is 18.3. The summed E-state index contributed by atoms with van der Waals surface area (Å²) in [5.74, 6) is 1.08. The summed E-state index contributed by atoms with van der Waals surface area (Å²) in [5.41, 5.74) is 4.67. The molecule has 1 atom stereocenters. The Morgan fingerprint density at radius 2 is 2.00 bits per heavy atom. The molecule has 0 spiro atoms. The number of aryl methyl sites for hydroxylation is 2. The Morgan fingerprint density at radius 1 is 1.18 bits per heavy atom. The van der Waals surface area contributed by atoms with Crippen LogP contribution in [0.1, 0.15) is 68.6 Å². The second kappa shape index (κ2) is 9.45. The lowest BCUT2D eigenvalue weighted by Crippen LogP contribution is -2.46. The molecular weight excluding hydrogens is 479 g/mol. The normalized spacial score (nSPS) is 20.2. The summed E-state index contributed by atoms with van der Waals surface area (Å²) in [6, 6.07) is 8.24. The standard InChI is InChI=1S/C31H35FN4O2/c1-5-22-25(32)11-10-20-14-21(19-8-6-9-19)15-23(26(20)22)27-18(2)28-24(16-33-27)29(35-30(34-28)38-4)36-13-7-12-31(3,37)17-36/h10-11,14-16,19,37H,5-9,12-13,17H2,1-4H3/t31-/m1/s1. The van der Waals surface area contributed by atoms with Gasteiger partial charge in [0.05, 0.1) is 29.3 Å². The van der Waals surface area contributed by atoms with Crippen molar-refractivity contribution in [1.29, 1.82) is 0 Å². The molecule has 0 amide bonds. The van der Waals surface area contributed by atoms with E-state index in [1.807, 2.05) is 33.0 Å². The predicted molar refractivity (Wildman–Crippen MR) is 150 cm³/mol. The largest absolute Gasteiger partial charge is 0.467 e. The number of fused-ring (bicyclic) bond motifs is 2. The Bertz CT molecular complexity index is 1550. The van der Waals surface area contributed by atoms with E-state index in [9.17, 15) is 5.11 Å². The van der Waals surface area contributed by atoms with Gasteiger partial charge in [-0.15, -0.1) is 0 Å². The van der Waals surface area contributed by atoms with Crippen molar-refractivity contribution in [3.05, 3.63) is 53.0 Å². The zero-order valence-electron chi connectivity index (χ0n) is 22.6. The molecule has 3 heterocycles. The van der Waals surface area contributed by atoms with Crippen LogP contribution in [0.25, 0.3) is 32.9 Å². The van der Waals surface area contributed by atoms with Crippen LogP contribution in [-0.4, -0.2) is 45.9 Å². The number of anilines is 1. The number of piperidine rings is 1. The van der Waals surface area contributed by atoms with E-state index in [2.05, 4.69) is 22.0 Å². The maximum absolute atomic E-state index is 15.0. The topological polar surface area (TPSA) is 71.4 Å². The van der Waals surface area contributed by atoms with Gasteiger partial charge in [-0.3, -0.25) is 4.98 Å². The fourth-order valence-electron chi connectivity index (χ4n) is 6.23. The molecule has 4 aromatic rings. The van der Waals surface area contributed by atoms with E-state index in [0.717, 1.165) is 69.3 Å². The zero-order chi connectivity index (χ0) is 26.6. The number of aliphatic hydroxyl groups is 1. The molecule has 2 aromatic carbocycles. The third-order valence-electron chi connectivity index (χ3n) is 8.47. The molecule has 38 heavy (non-hydrogen) atoms. The van der Waals surface area contributed by atoms with E-state index < -0.39 is 5.60 Å². The first-order valence-corrected chi connectivity index (χ1v) is 13.7. The molecule has 1 aliphatic carbocycles. The van der Waals surface area contributed by atoms with Crippen molar-refractivity contribution < 1.29 is 14.2 Å². The quantitative estimate of drug-likeness (QED) is 0.329. The van der Waals surface area contributed by atoms with E-state index in [1.54, 1.807) is 13.2 Å². The van der Waals surface area contributed by atoms with E-state index in [1.165, 1.54) is 24.8 Å². The lowest BCUT2D eigenvalue weighted by atomic mass is 9.78. The highest BCUT2D eigenvalue weighted by Crippen LogP contribution is 2.43. The average Bonchev–Trinajstić information content (AvgIpc) is 2.86. The number of aromatic nitrogens is 3. The molecule has 2 aromatic heterocycles. The maximum Gasteiger partial charge on any atom is 0.318 e. The summed E-state index contributed by atoms with van der Waals surface area (Å²) < 4.78 is 20.6. The number of hydrogen-bond donors (Lipinski definition) is 1. The first-order valence-electron chi connectivity index (χ1n) is 13.7. The monoisotopic (exact) mass is 514 g/mol. The average molecular weight is 515 g/mol. The van der Waals surface area contributed by atoms with Crippen molar-refractivity contribution in [3.8, 4) is 17.3 Å². The Labute approximate surface area is 222 Å². The Hall–Kier alpha value is -3.32. The molecule has 0 bridgehead atoms. The van der Waals surface area contributed by atoms with E-state index in [4.69, 9.17) is 14.7 Å². The molecule has 1 saturated heterocycles. The lowest BCUT2D eigenvalue weighted by molar-refractivity contribution is 0.0447. The van der Waals surface area contributed by atoms with Gasteiger partial charge in [0, 0.05) is 30.4 Å². The number of ether oxygens (including phenoxy) is 1. The Kier molecular flexibility index (Phi) is 6.22. The van der Waals surface area contributed by atoms with Crippen LogP contribution in [0.15, 0.2) is 30.5 Å². The summed E-state index contributed by atoms with van der Waals surface area (Å²) in [6.07, 6.45) is 7.68. The summed E-state index contributed by atoms with van der Waals surface area (Å²) in [6.45, 7) is 7.17. The van der Waals surface area contributed by atoms with Gasteiger partial charge in [-0.2, -0.15) is 9.97 Å². The molecule has 1 saturated carbocycles. The summed E-state index contributed by atoms with van der Waals surface area (Å²) in [7, 11) is 1.57. The number of halogens is 1. The molecule has 2 fully saturated rings. The number of β-amino-alcohol motifs (C(OH)–C–C–N with tert-alkyl or cyclic N) is 1. The van der Waals surface area contributed by atoms with Crippen LogP contribution in [0.4, 0.5) is 10.2 Å². The SMILES string of the molecule is CCc1c(F)ccc2cc(C3CCC3)cc(-c3ncc4c(N5CCC[C@@](C)(O)C5)nc(OC)nc4c3C)c12. The third kappa shape index (κ3) is 4.17. The first kappa shape index (κ1) is 25.0. The molecular formula is C31H35FN4O2. The summed E-state index contributed by atoms with van der Waals surface area (Å²) >= 11 is 0. The van der Waals surface area contributed by atoms with Gasteiger partial charge in [0.1, 0.15) is 11.6 Å². The van der Waals surface area contributed by atoms with Crippen molar-refractivity contribution >= 4 is 27.5 Å². The van der Waals surface area contributed by atoms with Crippen molar-refractivity contribution in [2.45, 2.75) is 70.8 Å².